The van der Waals surface area contributed by atoms with Crippen LogP contribution in [0.1, 0.15) is 59.8 Å². The van der Waals surface area contributed by atoms with Gasteiger partial charge in [0.1, 0.15) is 12.0 Å². The van der Waals surface area contributed by atoms with Crippen molar-refractivity contribution in [3.05, 3.63) is 71.8 Å². The van der Waals surface area contributed by atoms with Crippen LogP contribution in [0, 0.1) is 0 Å². The fourth-order valence-corrected chi connectivity index (χ4v) is 5.60. The number of hydrogen-bond donors (Lipinski definition) is 0. The van der Waals surface area contributed by atoms with E-state index in [4.69, 9.17) is 0 Å². The van der Waals surface area contributed by atoms with Crippen molar-refractivity contribution in [1.29, 1.82) is 0 Å². The Morgan fingerprint density at radius 1 is 1.03 bits per heavy atom. The fraction of sp³-hybridized carbons (Fsp3) is 0.333. The van der Waals surface area contributed by atoms with Gasteiger partial charge in [-0.2, -0.15) is 10.1 Å². The van der Waals surface area contributed by atoms with E-state index < -0.39 is 6.43 Å². The molecule has 0 spiro atoms. The molecular weight excluding hydrogens is 412 g/mol. The van der Waals surface area contributed by atoms with Crippen molar-refractivity contribution in [2.45, 2.75) is 50.1 Å². The molecule has 2 aromatic carbocycles. The Hall–Kier alpha value is -3.42. The van der Waals surface area contributed by atoms with Gasteiger partial charge in [0.2, 0.25) is 0 Å². The van der Waals surface area contributed by atoms with Crippen LogP contribution in [0.2, 0.25) is 0 Å². The summed E-state index contributed by atoms with van der Waals surface area (Å²) in [7, 11) is 0. The van der Waals surface area contributed by atoms with Crippen molar-refractivity contribution in [3.63, 3.8) is 0 Å². The van der Waals surface area contributed by atoms with Crippen molar-refractivity contribution in [2.24, 2.45) is 0 Å². The van der Waals surface area contributed by atoms with Crippen LogP contribution in [0.5, 0.6) is 0 Å². The number of aromatic nitrogens is 4. The Bertz CT molecular complexity index is 1330. The van der Waals surface area contributed by atoms with E-state index in [1.54, 1.807) is 4.52 Å². The maximum Gasteiger partial charge on any atom is 0.280 e. The third-order valence-corrected chi connectivity index (χ3v) is 6.98. The highest BCUT2D eigenvalue weighted by Crippen LogP contribution is 2.45. The van der Waals surface area contributed by atoms with E-state index in [1.165, 1.54) is 12.4 Å². The largest absolute Gasteiger partial charge is 0.332 e. The second kappa shape index (κ2) is 7.32. The van der Waals surface area contributed by atoms with Crippen molar-refractivity contribution in [3.8, 4) is 0 Å². The van der Waals surface area contributed by atoms with Crippen LogP contribution in [0.4, 0.5) is 8.78 Å². The van der Waals surface area contributed by atoms with Gasteiger partial charge in [-0.1, -0.05) is 36.4 Å². The van der Waals surface area contributed by atoms with Crippen LogP contribution < -0.4 is 0 Å². The summed E-state index contributed by atoms with van der Waals surface area (Å²) in [6.07, 6.45) is 2.06. The molecule has 6 rings (SSSR count). The Balaban J connectivity index is 1.43. The molecule has 32 heavy (non-hydrogen) atoms. The molecule has 0 aliphatic carbocycles. The van der Waals surface area contributed by atoms with Crippen molar-refractivity contribution < 1.29 is 13.6 Å². The third-order valence-electron chi connectivity index (χ3n) is 6.98. The van der Waals surface area contributed by atoms with Crippen molar-refractivity contribution >= 4 is 22.5 Å². The molecule has 2 aliphatic rings. The molecule has 0 radical (unpaired) electrons. The van der Waals surface area contributed by atoms with Crippen LogP contribution >= 0.6 is 0 Å². The quantitative estimate of drug-likeness (QED) is 0.467. The van der Waals surface area contributed by atoms with Gasteiger partial charge in [0.15, 0.2) is 0 Å². The summed E-state index contributed by atoms with van der Waals surface area (Å²) in [5, 5.41) is 6.20. The minimum atomic E-state index is -2.69. The molecular formula is C24H21F2N5O. The topological polar surface area (TPSA) is 63.4 Å². The van der Waals surface area contributed by atoms with Crippen LogP contribution in [0.15, 0.2) is 54.9 Å². The maximum atomic E-state index is 13.8. The first-order valence-corrected chi connectivity index (χ1v) is 10.9. The second-order valence-corrected chi connectivity index (χ2v) is 8.60. The first kappa shape index (κ1) is 19.3. The lowest BCUT2D eigenvalue weighted by Crippen LogP contribution is -2.47. The monoisotopic (exact) mass is 433 g/mol. The van der Waals surface area contributed by atoms with Gasteiger partial charge in [-0.25, -0.2) is 18.3 Å². The van der Waals surface area contributed by atoms with Crippen molar-refractivity contribution in [1.82, 2.24) is 24.5 Å². The van der Waals surface area contributed by atoms with Crippen LogP contribution in [0.3, 0.4) is 0 Å². The minimum absolute atomic E-state index is 0.0111. The summed E-state index contributed by atoms with van der Waals surface area (Å²) in [5.74, 6) is 0.0826. The summed E-state index contributed by atoms with van der Waals surface area (Å²) >= 11 is 0. The minimum Gasteiger partial charge on any atom is -0.332 e. The van der Waals surface area contributed by atoms with Gasteiger partial charge < -0.3 is 4.90 Å². The number of fused-ring (bicyclic) bond motifs is 4. The summed E-state index contributed by atoms with van der Waals surface area (Å²) in [6.45, 7) is 0. The van der Waals surface area contributed by atoms with Gasteiger partial charge in [-0.05, 0) is 48.6 Å². The number of nitrogens with zero attached hydrogens (tertiary/aromatic N) is 5. The smallest absolute Gasteiger partial charge is 0.280 e. The van der Waals surface area contributed by atoms with Crippen LogP contribution in [0.25, 0.3) is 16.6 Å². The molecule has 4 heterocycles. The van der Waals surface area contributed by atoms with E-state index in [2.05, 4.69) is 15.1 Å². The Labute approximate surface area is 182 Å². The number of alkyl halides is 2. The summed E-state index contributed by atoms with van der Waals surface area (Å²) in [6, 6.07) is 15.2. The maximum absolute atomic E-state index is 13.8. The molecule has 162 valence electrons. The zero-order valence-corrected chi connectivity index (χ0v) is 17.2. The Morgan fingerprint density at radius 3 is 2.72 bits per heavy atom. The number of carbonyl (C=O) groups excluding carboxylic acids is 1. The molecule has 0 saturated carbocycles. The summed E-state index contributed by atoms with van der Waals surface area (Å²) in [4.78, 5) is 23.8. The molecule has 4 aromatic rings. The molecule has 0 unspecified atom stereocenters. The van der Waals surface area contributed by atoms with Crippen LogP contribution in [-0.2, 0) is 0 Å². The van der Waals surface area contributed by atoms with Gasteiger partial charge in [-0.15, -0.1) is 0 Å². The number of piperidine rings is 1. The number of carbonyl (C=O) groups is 1. The molecule has 2 aromatic heterocycles. The van der Waals surface area contributed by atoms with E-state index in [0.717, 1.165) is 36.5 Å². The predicted molar refractivity (Wildman–Crippen MR) is 115 cm³/mol. The third kappa shape index (κ3) is 2.89. The lowest BCUT2D eigenvalue weighted by molar-refractivity contribution is 0.0556. The predicted octanol–water partition coefficient (Wildman–Crippen LogP) is 4.77. The van der Waals surface area contributed by atoms with Gasteiger partial charge in [0, 0.05) is 23.6 Å². The standard InChI is InChI=1S/C24H21F2N5O/c25-22(26)19-12-21(31-24(29-19)27-13-28-31)18-10-8-15-9-11-20(18)30(15)23(32)17-7-3-5-14-4-1-2-6-16(14)17/h1-7,12-13,15,18,20,22H,8-11H2/t15-,18-,20-/m0/s1. The van der Waals surface area contributed by atoms with E-state index in [9.17, 15) is 13.6 Å². The second-order valence-electron chi connectivity index (χ2n) is 8.60. The highest BCUT2D eigenvalue weighted by molar-refractivity contribution is 6.07. The van der Waals surface area contributed by atoms with Gasteiger partial charge >= 0.3 is 0 Å². The first-order valence-electron chi connectivity index (χ1n) is 10.9. The Kier molecular flexibility index (Phi) is 4.41. The average molecular weight is 433 g/mol. The number of amides is 1. The lowest BCUT2D eigenvalue weighted by Gasteiger charge is -2.40. The normalized spacial score (nSPS) is 22.8. The van der Waals surface area contributed by atoms with E-state index >= 15 is 0 Å². The number of halogens is 2. The number of hydrogen-bond acceptors (Lipinski definition) is 4. The molecule has 2 aliphatic heterocycles. The summed E-state index contributed by atoms with van der Waals surface area (Å²) < 4.78 is 28.6. The molecule has 6 nitrogen and oxygen atoms in total. The SMILES string of the molecule is O=C(c1cccc2ccccc12)N1[C@H]2CC[C@H](c3cc(C(F)F)nc4ncnn34)[C@@H]1CC2. The molecule has 2 saturated heterocycles. The summed E-state index contributed by atoms with van der Waals surface area (Å²) in [5.41, 5.74) is 1.05. The van der Waals surface area contributed by atoms with E-state index in [1.807, 2.05) is 47.4 Å². The molecule has 3 atom stereocenters. The lowest BCUT2D eigenvalue weighted by atomic mass is 9.86. The molecule has 0 N–H and O–H groups in total. The van der Waals surface area contributed by atoms with E-state index in [-0.39, 0.29) is 35.4 Å². The molecule has 2 fully saturated rings. The fourth-order valence-electron chi connectivity index (χ4n) is 5.60. The molecule has 8 heteroatoms. The molecule has 1 amide bonds. The Morgan fingerprint density at radius 2 is 1.84 bits per heavy atom. The zero-order chi connectivity index (χ0) is 21.8. The highest BCUT2D eigenvalue weighted by Gasteiger charge is 2.46. The number of benzene rings is 2. The van der Waals surface area contributed by atoms with Gasteiger partial charge in [-0.3, -0.25) is 4.79 Å². The zero-order valence-electron chi connectivity index (χ0n) is 17.2. The van der Waals surface area contributed by atoms with E-state index in [0.29, 0.717) is 11.3 Å². The van der Waals surface area contributed by atoms with Crippen molar-refractivity contribution in [2.75, 3.05) is 0 Å². The van der Waals surface area contributed by atoms with Gasteiger partial charge in [0.05, 0.1) is 5.69 Å². The molecule has 2 bridgehead atoms. The van der Waals surface area contributed by atoms with Gasteiger partial charge in [0.25, 0.3) is 18.1 Å². The van der Waals surface area contributed by atoms with Crippen LogP contribution in [-0.4, -0.2) is 42.5 Å². The highest BCUT2D eigenvalue weighted by atomic mass is 19.3. The first-order chi connectivity index (χ1) is 15.6. The average Bonchev–Trinajstić information content (AvgIpc) is 3.41. The number of rotatable bonds is 3.